The zero-order valence-corrected chi connectivity index (χ0v) is 14.4. The lowest BCUT2D eigenvalue weighted by Gasteiger charge is -2.16. The third kappa shape index (κ3) is 3.49. The van der Waals surface area contributed by atoms with E-state index in [1.165, 1.54) is 18.0 Å². The minimum atomic E-state index is 0.0788. The number of benzene rings is 1. The maximum Gasteiger partial charge on any atom is 0.253 e. The molecule has 1 fully saturated rings. The van der Waals surface area contributed by atoms with Gasteiger partial charge in [0, 0.05) is 43.0 Å². The summed E-state index contributed by atoms with van der Waals surface area (Å²) in [7, 11) is 0. The monoisotopic (exact) mass is 355 g/mol. The van der Waals surface area contributed by atoms with Crippen molar-refractivity contribution in [2.45, 2.75) is 12.8 Å². The lowest BCUT2D eigenvalue weighted by Crippen LogP contribution is -2.28. The molecule has 1 atom stereocenters. The largest absolute Gasteiger partial charge is 0.384 e. The second-order valence-corrected chi connectivity index (χ2v) is 6.76. The first-order valence-corrected chi connectivity index (χ1v) is 8.74. The summed E-state index contributed by atoms with van der Waals surface area (Å²) in [4.78, 5) is 27.0. The minimum absolute atomic E-state index is 0.0788. The average Bonchev–Trinajstić information content (AvgIpc) is 3.29. The van der Waals surface area contributed by atoms with Gasteiger partial charge in [0.2, 0.25) is 5.95 Å². The Balaban J connectivity index is 1.40. The molecule has 2 aliphatic rings. The normalized spacial score (nSPS) is 19.2. The number of carbonyl (C=O) groups is 1. The van der Waals surface area contributed by atoms with Crippen LogP contribution in [-0.2, 0) is 6.42 Å². The molecule has 1 aromatic carbocycles. The van der Waals surface area contributed by atoms with Crippen molar-refractivity contribution in [3.63, 3.8) is 0 Å². The molecule has 2 aliphatic heterocycles. The summed E-state index contributed by atoms with van der Waals surface area (Å²) in [5.74, 6) is 0.685. The molecule has 1 aromatic heterocycles. The SMILES string of the molecule is O=C(c1ccc2c(c1)NCC2)N1CCC(C=Nc2ncc(Cl)cn2)C1. The van der Waals surface area contributed by atoms with Crippen LogP contribution in [0.2, 0.25) is 5.02 Å². The van der Waals surface area contributed by atoms with Gasteiger partial charge in [0.15, 0.2) is 0 Å². The minimum Gasteiger partial charge on any atom is -0.384 e. The van der Waals surface area contributed by atoms with Crippen LogP contribution in [-0.4, -0.2) is 46.6 Å². The van der Waals surface area contributed by atoms with Crippen LogP contribution in [0, 0.1) is 5.92 Å². The van der Waals surface area contributed by atoms with Crippen molar-refractivity contribution in [2.24, 2.45) is 10.9 Å². The van der Waals surface area contributed by atoms with Crippen LogP contribution in [0.5, 0.6) is 0 Å². The number of rotatable bonds is 3. The van der Waals surface area contributed by atoms with Crippen LogP contribution in [0.25, 0.3) is 0 Å². The van der Waals surface area contributed by atoms with E-state index in [9.17, 15) is 4.79 Å². The molecule has 6 nitrogen and oxygen atoms in total. The molecule has 25 heavy (non-hydrogen) atoms. The lowest BCUT2D eigenvalue weighted by atomic mass is 10.1. The molecule has 128 valence electrons. The van der Waals surface area contributed by atoms with Gasteiger partial charge in [0.25, 0.3) is 5.91 Å². The molecule has 0 radical (unpaired) electrons. The molecule has 0 spiro atoms. The molecule has 0 saturated carbocycles. The Labute approximate surface area is 151 Å². The van der Waals surface area contributed by atoms with E-state index >= 15 is 0 Å². The number of amides is 1. The highest BCUT2D eigenvalue weighted by Gasteiger charge is 2.26. The summed E-state index contributed by atoms with van der Waals surface area (Å²) in [6.45, 7) is 2.35. The fourth-order valence-corrected chi connectivity index (χ4v) is 3.34. The predicted molar refractivity (Wildman–Crippen MR) is 97.8 cm³/mol. The molecule has 1 amide bonds. The molecule has 0 aliphatic carbocycles. The highest BCUT2D eigenvalue weighted by atomic mass is 35.5. The van der Waals surface area contributed by atoms with Gasteiger partial charge in [-0.15, -0.1) is 0 Å². The van der Waals surface area contributed by atoms with E-state index in [1.54, 1.807) is 0 Å². The number of hydrogen-bond donors (Lipinski definition) is 1. The van der Waals surface area contributed by atoms with E-state index in [4.69, 9.17) is 11.6 Å². The fraction of sp³-hybridized carbons (Fsp3) is 0.333. The molecule has 1 N–H and O–H groups in total. The first-order valence-electron chi connectivity index (χ1n) is 8.37. The molecule has 3 heterocycles. The Morgan fingerprint density at radius 3 is 3.04 bits per heavy atom. The van der Waals surface area contributed by atoms with Gasteiger partial charge in [-0.05, 0) is 30.5 Å². The number of aliphatic imine (C=N–C) groups is 1. The first-order chi connectivity index (χ1) is 12.2. The number of nitrogens with zero attached hydrogens (tertiary/aromatic N) is 4. The molecule has 2 aromatic rings. The Morgan fingerprint density at radius 2 is 2.20 bits per heavy atom. The van der Waals surface area contributed by atoms with Crippen LogP contribution in [0.15, 0.2) is 35.6 Å². The van der Waals surface area contributed by atoms with E-state index in [0.29, 0.717) is 17.5 Å². The van der Waals surface area contributed by atoms with E-state index in [2.05, 4.69) is 26.3 Å². The molecule has 4 rings (SSSR count). The molecule has 1 unspecified atom stereocenters. The third-order valence-electron chi connectivity index (χ3n) is 4.59. The van der Waals surface area contributed by atoms with E-state index in [0.717, 1.165) is 37.2 Å². The smallest absolute Gasteiger partial charge is 0.253 e. The Hall–Kier alpha value is -2.47. The number of anilines is 1. The lowest BCUT2D eigenvalue weighted by molar-refractivity contribution is 0.0790. The van der Waals surface area contributed by atoms with Gasteiger partial charge in [-0.25, -0.2) is 15.0 Å². The van der Waals surface area contributed by atoms with Crippen LogP contribution in [0.3, 0.4) is 0 Å². The zero-order chi connectivity index (χ0) is 17.2. The molecular formula is C18H18ClN5O. The molecule has 1 saturated heterocycles. The van der Waals surface area contributed by atoms with E-state index < -0.39 is 0 Å². The predicted octanol–water partition coefficient (Wildman–Crippen LogP) is 2.96. The maximum absolute atomic E-state index is 12.7. The highest BCUT2D eigenvalue weighted by Crippen LogP contribution is 2.25. The number of carbonyl (C=O) groups excluding carboxylic acids is 1. The van der Waals surface area contributed by atoms with Gasteiger partial charge in [0.1, 0.15) is 0 Å². The van der Waals surface area contributed by atoms with Crippen molar-refractivity contribution in [3.8, 4) is 0 Å². The Morgan fingerprint density at radius 1 is 1.36 bits per heavy atom. The fourth-order valence-electron chi connectivity index (χ4n) is 3.24. The van der Waals surface area contributed by atoms with Crippen LogP contribution < -0.4 is 5.32 Å². The second-order valence-electron chi connectivity index (χ2n) is 6.33. The van der Waals surface area contributed by atoms with Gasteiger partial charge in [-0.2, -0.15) is 0 Å². The van der Waals surface area contributed by atoms with Crippen molar-refractivity contribution < 1.29 is 4.79 Å². The number of likely N-dealkylation sites (tertiary alicyclic amines) is 1. The van der Waals surface area contributed by atoms with Gasteiger partial charge in [-0.3, -0.25) is 4.79 Å². The summed E-state index contributed by atoms with van der Waals surface area (Å²) in [6, 6.07) is 5.94. The van der Waals surface area contributed by atoms with Crippen molar-refractivity contribution in [1.29, 1.82) is 0 Å². The van der Waals surface area contributed by atoms with E-state index in [1.807, 2.05) is 23.2 Å². The Kier molecular flexibility index (Phi) is 4.36. The highest BCUT2D eigenvalue weighted by molar-refractivity contribution is 6.30. The van der Waals surface area contributed by atoms with Crippen molar-refractivity contribution in [3.05, 3.63) is 46.7 Å². The van der Waals surface area contributed by atoms with Crippen molar-refractivity contribution in [2.75, 3.05) is 25.0 Å². The summed E-state index contributed by atoms with van der Waals surface area (Å²) < 4.78 is 0. The summed E-state index contributed by atoms with van der Waals surface area (Å²) in [6.07, 6.45) is 6.80. The summed E-state index contributed by atoms with van der Waals surface area (Å²) in [5, 5.41) is 3.81. The molecular weight excluding hydrogens is 338 g/mol. The number of fused-ring (bicyclic) bond motifs is 1. The summed E-state index contributed by atoms with van der Waals surface area (Å²) >= 11 is 5.76. The van der Waals surface area contributed by atoms with Crippen LogP contribution >= 0.6 is 11.6 Å². The number of hydrogen-bond acceptors (Lipinski definition) is 5. The average molecular weight is 356 g/mol. The van der Waals surface area contributed by atoms with Gasteiger partial charge in [0.05, 0.1) is 17.4 Å². The standard InChI is InChI=1S/C18H18ClN5O/c19-15-9-22-18(23-10-15)21-8-12-4-6-24(11-12)17(25)14-2-1-13-3-5-20-16(13)7-14/h1-2,7-10,12,20H,3-6,11H2. The van der Waals surface area contributed by atoms with Gasteiger partial charge < -0.3 is 10.2 Å². The molecule has 0 bridgehead atoms. The van der Waals surface area contributed by atoms with Crippen molar-refractivity contribution in [1.82, 2.24) is 14.9 Å². The topological polar surface area (TPSA) is 70.5 Å². The van der Waals surface area contributed by atoms with Crippen molar-refractivity contribution >= 4 is 35.4 Å². The van der Waals surface area contributed by atoms with Crippen LogP contribution in [0.4, 0.5) is 11.6 Å². The molecule has 7 heteroatoms. The maximum atomic E-state index is 12.7. The van der Waals surface area contributed by atoms with Crippen LogP contribution in [0.1, 0.15) is 22.3 Å². The quantitative estimate of drug-likeness (QED) is 0.859. The van der Waals surface area contributed by atoms with E-state index in [-0.39, 0.29) is 11.8 Å². The van der Waals surface area contributed by atoms with Gasteiger partial charge >= 0.3 is 0 Å². The number of aromatic nitrogens is 2. The first kappa shape index (κ1) is 16.0. The van der Waals surface area contributed by atoms with Gasteiger partial charge in [-0.1, -0.05) is 17.7 Å². The second kappa shape index (κ2) is 6.80. The Bertz CT molecular complexity index is 821. The number of nitrogens with one attached hydrogen (secondary N) is 1. The summed E-state index contributed by atoms with van der Waals surface area (Å²) in [5.41, 5.74) is 3.11. The number of halogens is 1. The zero-order valence-electron chi connectivity index (χ0n) is 13.7. The third-order valence-corrected chi connectivity index (χ3v) is 4.78.